The Hall–Kier alpha value is -2.42. The summed E-state index contributed by atoms with van der Waals surface area (Å²) in [5.74, 6) is 0.436. The summed E-state index contributed by atoms with van der Waals surface area (Å²) in [4.78, 5) is 0. The van der Waals surface area contributed by atoms with Gasteiger partial charge in [-0.3, -0.25) is 0 Å². The van der Waals surface area contributed by atoms with Crippen LogP contribution in [0.15, 0.2) is 60.7 Å². The Bertz CT molecular complexity index is 833. The minimum Gasteiger partial charge on any atom is -0.392 e. The number of benzene rings is 3. The van der Waals surface area contributed by atoms with Crippen LogP contribution in [-0.2, 0) is 13.2 Å². The molecule has 2 nitrogen and oxygen atoms in total. The molecule has 2 bridgehead atoms. The van der Waals surface area contributed by atoms with Gasteiger partial charge in [0.25, 0.3) is 0 Å². The molecule has 118 valence electrons. The molecule has 0 fully saturated rings. The molecule has 0 saturated carbocycles. The van der Waals surface area contributed by atoms with E-state index in [1.54, 1.807) is 0 Å². The number of rotatable bonds is 2. The molecule has 0 saturated heterocycles. The Labute approximate surface area is 141 Å². The maximum atomic E-state index is 9.70. The second-order valence-electron chi connectivity index (χ2n) is 6.69. The van der Waals surface area contributed by atoms with Crippen molar-refractivity contribution >= 4 is 0 Å². The molecule has 0 aliphatic heterocycles. The van der Waals surface area contributed by atoms with E-state index in [4.69, 9.17) is 0 Å². The summed E-state index contributed by atoms with van der Waals surface area (Å²) < 4.78 is 0. The molecule has 3 aliphatic carbocycles. The molecular formula is C22H18O2. The van der Waals surface area contributed by atoms with E-state index in [-0.39, 0.29) is 25.0 Å². The van der Waals surface area contributed by atoms with Crippen molar-refractivity contribution in [3.63, 3.8) is 0 Å². The zero-order valence-corrected chi connectivity index (χ0v) is 13.2. The van der Waals surface area contributed by atoms with E-state index in [1.807, 2.05) is 0 Å². The quantitative estimate of drug-likeness (QED) is 0.522. The molecule has 3 aliphatic rings. The lowest BCUT2D eigenvalue weighted by Crippen LogP contribution is -2.28. The predicted molar refractivity (Wildman–Crippen MR) is 93.1 cm³/mol. The fourth-order valence-electron chi connectivity index (χ4n) is 4.60. The fourth-order valence-corrected chi connectivity index (χ4v) is 4.60. The molecule has 0 radical (unpaired) electrons. The summed E-state index contributed by atoms with van der Waals surface area (Å²) in [6.07, 6.45) is 0. The fraction of sp³-hybridized carbons (Fsp3) is 0.182. The first kappa shape index (κ1) is 14.0. The molecule has 2 heteroatoms. The van der Waals surface area contributed by atoms with Crippen LogP contribution in [0.25, 0.3) is 0 Å². The number of hydrogen-bond donors (Lipinski definition) is 2. The van der Waals surface area contributed by atoms with Gasteiger partial charge in [0, 0.05) is 11.8 Å². The zero-order valence-electron chi connectivity index (χ0n) is 13.2. The zero-order chi connectivity index (χ0) is 16.3. The summed E-state index contributed by atoms with van der Waals surface area (Å²) in [5.41, 5.74) is 9.70. The molecule has 24 heavy (non-hydrogen) atoms. The highest BCUT2D eigenvalue weighted by Gasteiger charge is 2.41. The van der Waals surface area contributed by atoms with E-state index >= 15 is 0 Å². The van der Waals surface area contributed by atoms with Crippen LogP contribution in [0.5, 0.6) is 0 Å². The van der Waals surface area contributed by atoms with Crippen LogP contribution in [0, 0.1) is 0 Å². The van der Waals surface area contributed by atoms with Gasteiger partial charge in [-0.25, -0.2) is 0 Å². The van der Waals surface area contributed by atoms with Crippen LogP contribution in [0.1, 0.15) is 56.3 Å². The third-order valence-corrected chi connectivity index (χ3v) is 5.60. The first-order valence-electron chi connectivity index (χ1n) is 8.38. The highest BCUT2D eigenvalue weighted by molar-refractivity contribution is 5.68. The molecule has 0 aromatic heterocycles. The third kappa shape index (κ3) is 1.67. The summed E-state index contributed by atoms with van der Waals surface area (Å²) in [6.45, 7) is -0.0757. The normalized spacial score (nSPS) is 19.6. The molecule has 0 spiro atoms. The van der Waals surface area contributed by atoms with Crippen molar-refractivity contribution in [1.29, 1.82) is 0 Å². The van der Waals surface area contributed by atoms with Gasteiger partial charge in [-0.15, -0.1) is 0 Å². The van der Waals surface area contributed by atoms with Gasteiger partial charge in [0.05, 0.1) is 13.2 Å². The Kier molecular flexibility index (Phi) is 2.93. The van der Waals surface area contributed by atoms with Gasteiger partial charge < -0.3 is 10.2 Å². The molecular weight excluding hydrogens is 296 g/mol. The van der Waals surface area contributed by atoms with Crippen molar-refractivity contribution < 1.29 is 10.2 Å². The maximum absolute atomic E-state index is 9.70. The molecule has 0 unspecified atom stereocenters. The van der Waals surface area contributed by atoms with Gasteiger partial charge in [-0.1, -0.05) is 60.7 Å². The average molecular weight is 314 g/mol. The molecule has 3 aromatic rings. The topological polar surface area (TPSA) is 40.5 Å². The number of hydrogen-bond acceptors (Lipinski definition) is 2. The lowest BCUT2D eigenvalue weighted by atomic mass is 9.60. The maximum Gasteiger partial charge on any atom is 0.0685 e. The van der Waals surface area contributed by atoms with Crippen molar-refractivity contribution in [2.24, 2.45) is 0 Å². The van der Waals surface area contributed by atoms with Crippen molar-refractivity contribution in [2.75, 3.05) is 0 Å². The Morgan fingerprint density at radius 2 is 0.875 bits per heavy atom. The summed E-state index contributed by atoms with van der Waals surface area (Å²) >= 11 is 0. The smallest absolute Gasteiger partial charge is 0.0685 e. The minimum atomic E-state index is -0.0378. The van der Waals surface area contributed by atoms with Crippen molar-refractivity contribution in [3.05, 3.63) is 105 Å². The molecule has 3 aromatic carbocycles. The largest absolute Gasteiger partial charge is 0.392 e. The van der Waals surface area contributed by atoms with Crippen LogP contribution < -0.4 is 0 Å². The van der Waals surface area contributed by atoms with E-state index in [2.05, 4.69) is 60.7 Å². The highest BCUT2D eigenvalue weighted by atomic mass is 16.3. The van der Waals surface area contributed by atoms with Crippen molar-refractivity contribution in [1.82, 2.24) is 0 Å². The van der Waals surface area contributed by atoms with Crippen LogP contribution in [-0.4, -0.2) is 10.2 Å². The lowest BCUT2D eigenvalue weighted by molar-refractivity contribution is 0.259. The van der Waals surface area contributed by atoms with Gasteiger partial charge in [0.1, 0.15) is 0 Å². The van der Waals surface area contributed by atoms with Crippen LogP contribution in [0.4, 0.5) is 0 Å². The van der Waals surface area contributed by atoms with E-state index in [9.17, 15) is 10.2 Å². The molecule has 0 heterocycles. The van der Waals surface area contributed by atoms with E-state index in [1.165, 1.54) is 33.4 Å². The van der Waals surface area contributed by atoms with Gasteiger partial charge in [0.15, 0.2) is 0 Å². The first-order valence-corrected chi connectivity index (χ1v) is 8.38. The van der Waals surface area contributed by atoms with E-state index in [0.717, 1.165) is 11.1 Å². The van der Waals surface area contributed by atoms with Gasteiger partial charge in [0.2, 0.25) is 0 Å². The van der Waals surface area contributed by atoms with Crippen LogP contribution >= 0.6 is 0 Å². The second-order valence-corrected chi connectivity index (χ2v) is 6.69. The molecule has 0 atom stereocenters. The molecule has 2 N–H and O–H groups in total. The van der Waals surface area contributed by atoms with Crippen molar-refractivity contribution in [2.45, 2.75) is 25.0 Å². The van der Waals surface area contributed by atoms with Crippen LogP contribution in [0.2, 0.25) is 0 Å². The lowest BCUT2D eigenvalue weighted by Gasteiger charge is -2.42. The van der Waals surface area contributed by atoms with Gasteiger partial charge in [-0.05, 0) is 44.5 Å². The second kappa shape index (κ2) is 5.04. The standard InChI is InChI=1S/C22H18O2/c23-11-13-9-19-20(10-14(13)12-24)22-16-6-2-1-5-15(16)21(19)17-7-3-4-8-18(17)22/h1-10,21-24H,11-12H2. The number of aliphatic hydroxyl groups is 2. The summed E-state index contributed by atoms with van der Waals surface area (Å²) in [7, 11) is 0. The van der Waals surface area contributed by atoms with Crippen LogP contribution in [0.3, 0.4) is 0 Å². The summed E-state index contributed by atoms with van der Waals surface area (Å²) in [5, 5.41) is 19.4. The monoisotopic (exact) mass is 314 g/mol. The van der Waals surface area contributed by atoms with Gasteiger partial charge in [-0.2, -0.15) is 0 Å². The molecule has 6 rings (SSSR count). The van der Waals surface area contributed by atoms with E-state index in [0.29, 0.717) is 0 Å². The van der Waals surface area contributed by atoms with Gasteiger partial charge >= 0.3 is 0 Å². The third-order valence-electron chi connectivity index (χ3n) is 5.60. The Balaban J connectivity index is 1.86. The summed E-state index contributed by atoms with van der Waals surface area (Å²) in [6, 6.07) is 21.5. The number of aliphatic hydroxyl groups excluding tert-OH is 2. The SMILES string of the molecule is OCc1cc2c(cc1CO)C1c3ccccc3C2c2ccccc21. The minimum absolute atomic E-state index is 0.0378. The predicted octanol–water partition coefficient (Wildman–Crippen LogP) is 3.66. The Morgan fingerprint density at radius 1 is 0.542 bits per heavy atom. The molecule has 0 amide bonds. The van der Waals surface area contributed by atoms with Crippen molar-refractivity contribution in [3.8, 4) is 0 Å². The Morgan fingerprint density at radius 3 is 1.17 bits per heavy atom. The first-order chi connectivity index (χ1) is 11.8. The van der Waals surface area contributed by atoms with E-state index < -0.39 is 0 Å². The average Bonchev–Trinajstić information content (AvgIpc) is 2.66. The highest BCUT2D eigenvalue weighted by Crippen LogP contribution is 2.55.